The maximum absolute atomic E-state index is 12.6. The molecular formula is C34H36N4O6. The molecule has 2 aliphatic heterocycles. The minimum Gasteiger partial charge on any atom is -0.481 e. The van der Waals surface area contributed by atoms with Gasteiger partial charge in [0.25, 0.3) is 0 Å². The first-order valence-corrected chi connectivity index (χ1v) is 14.6. The number of carboxylic acid groups (broad SMARTS) is 3. The Bertz CT molecular complexity index is 1960. The largest absolute Gasteiger partial charge is 0.481 e. The third kappa shape index (κ3) is 5.21. The van der Waals surface area contributed by atoms with Crippen LogP contribution in [0.1, 0.15) is 88.8 Å². The van der Waals surface area contributed by atoms with E-state index in [-0.39, 0.29) is 42.0 Å². The molecule has 2 aliphatic rings. The average molecular weight is 597 g/mol. The van der Waals surface area contributed by atoms with E-state index in [0.717, 1.165) is 56.3 Å². The number of aryl methyl sites for hydroxylation is 4. The van der Waals surface area contributed by atoms with Crippen LogP contribution in [0.4, 0.5) is 0 Å². The molecule has 1 atom stereocenters. The van der Waals surface area contributed by atoms with E-state index >= 15 is 0 Å². The molecule has 0 aliphatic carbocycles. The first-order chi connectivity index (χ1) is 20.9. The van der Waals surface area contributed by atoms with E-state index in [0.29, 0.717) is 22.7 Å². The van der Waals surface area contributed by atoms with E-state index in [2.05, 4.69) is 23.5 Å². The lowest BCUT2D eigenvalue weighted by molar-refractivity contribution is -0.137. The summed E-state index contributed by atoms with van der Waals surface area (Å²) in [5, 5.41) is 29.7. The fraction of sp³-hybridized carbons (Fsp3) is 0.324. The summed E-state index contributed by atoms with van der Waals surface area (Å²) in [7, 11) is 0. The van der Waals surface area contributed by atoms with Gasteiger partial charge in [-0.25, -0.2) is 9.78 Å². The third-order valence-electron chi connectivity index (χ3n) is 8.86. The number of rotatable bonds is 8. The standard InChI is InChI=1S/C34H36N4O6/c1-7-20-15(3)23-13-27-21(8-2)16(4)31(37-27)18(6)32-19(9-10-28(39)40)11-25(38-32)22(12-29(41)42)33-30(34(43)44)17(5)24(36-33)14-26(20)35-23/h8,13-14,19,35,37H,2,7,9-12H2,1,3-6H3,(H,39,40)(H,41,42)(H,43,44)/t19-/m0/s1. The Kier molecular flexibility index (Phi) is 8.03. The van der Waals surface area contributed by atoms with Crippen molar-refractivity contribution in [3.05, 3.63) is 74.9 Å². The van der Waals surface area contributed by atoms with Crippen molar-refractivity contribution in [2.75, 3.05) is 0 Å². The van der Waals surface area contributed by atoms with Gasteiger partial charge in [-0.2, -0.15) is 0 Å². The van der Waals surface area contributed by atoms with Crippen molar-refractivity contribution in [1.82, 2.24) is 19.9 Å². The van der Waals surface area contributed by atoms with E-state index in [9.17, 15) is 29.7 Å². The molecular weight excluding hydrogens is 560 g/mol. The smallest absolute Gasteiger partial charge is 0.338 e. The summed E-state index contributed by atoms with van der Waals surface area (Å²) >= 11 is 0. The second kappa shape index (κ2) is 11.6. The number of carbonyl (C=O) groups is 3. The van der Waals surface area contributed by atoms with Crippen LogP contribution in [-0.2, 0) is 33.6 Å². The molecule has 10 heteroatoms. The number of hydrogen-bond donors (Lipinski definition) is 5. The van der Waals surface area contributed by atoms with Gasteiger partial charge in [0.05, 0.1) is 23.4 Å². The van der Waals surface area contributed by atoms with Crippen LogP contribution < -0.4 is 0 Å². The summed E-state index contributed by atoms with van der Waals surface area (Å²) in [5.41, 5.74) is 10.2. The molecule has 0 aromatic carbocycles. The second-order valence-electron chi connectivity index (χ2n) is 11.5. The van der Waals surface area contributed by atoms with Crippen LogP contribution >= 0.6 is 0 Å². The highest BCUT2D eigenvalue weighted by molar-refractivity contribution is 6.24. The fourth-order valence-corrected chi connectivity index (χ4v) is 6.59. The van der Waals surface area contributed by atoms with Crippen molar-refractivity contribution in [3.63, 3.8) is 0 Å². The predicted octanol–water partition coefficient (Wildman–Crippen LogP) is 6.28. The minimum atomic E-state index is -1.21. The molecule has 5 N–H and O–H groups in total. The van der Waals surface area contributed by atoms with E-state index in [1.165, 1.54) is 0 Å². The van der Waals surface area contributed by atoms with Crippen molar-refractivity contribution < 1.29 is 29.7 Å². The van der Waals surface area contributed by atoms with Crippen molar-refractivity contribution in [1.29, 1.82) is 0 Å². The van der Waals surface area contributed by atoms with E-state index in [1.54, 1.807) is 13.0 Å². The molecule has 0 unspecified atom stereocenters. The van der Waals surface area contributed by atoms with Gasteiger partial charge in [0, 0.05) is 56.9 Å². The molecule has 0 radical (unpaired) electrons. The highest BCUT2D eigenvalue weighted by Gasteiger charge is 2.32. The van der Waals surface area contributed by atoms with Crippen LogP contribution in [0.3, 0.4) is 0 Å². The van der Waals surface area contributed by atoms with Crippen molar-refractivity contribution in [2.45, 2.75) is 72.6 Å². The first-order valence-electron chi connectivity index (χ1n) is 14.6. The number of carboxylic acids is 3. The van der Waals surface area contributed by atoms with Crippen LogP contribution in [-0.4, -0.2) is 53.2 Å². The monoisotopic (exact) mass is 596 g/mol. The topological polar surface area (TPSA) is 169 Å². The zero-order chi connectivity index (χ0) is 32.0. The molecule has 0 saturated heterocycles. The molecule has 44 heavy (non-hydrogen) atoms. The van der Waals surface area contributed by atoms with Gasteiger partial charge < -0.3 is 25.3 Å². The Hall–Kier alpha value is -4.99. The number of fused-ring (bicyclic) bond motifs is 8. The van der Waals surface area contributed by atoms with Gasteiger partial charge in [-0.05, 0) is 86.9 Å². The lowest BCUT2D eigenvalue weighted by atomic mass is 9.91. The normalized spacial score (nSPS) is 14.6. The molecule has 3 aromatic rings. The Morgan fingerprint density at radius 2 is 1.66 bits per heavy atom. The molecule has 3 aromatic heterocycles. The summed E-state index contributed by atoms with van der Waals surface area (Å²) in [6.07, 6.45) is 2.48. The van der Waals surface area contributed by atoms with Gasteiger partial charge in [0.2, 0.25) is 0 Å². The number of aromatic nitrogens is 4. The molecule has 5 rings (SSSR count). The minimum absolute atomic E-state index is 0.0658. The highest BCUT2D eigenvalue weighted by Crippen LogP contribution is 2.38. The molecule has 0 amide bonds. The van der Waals surface area contributed by atoms with Crippen LogP contribution in [0.2, 0.25) is 0 Å². The number of allylic oxidation sites excluding steroid dienone is 1. The van der Waals surface area contributed by atoms with E-state index in [4.69, 9.17) is 9.97 Å². The van der Waals surface area contributed by atoms with Crippen molar-refractivity contribution in [2.24, 2.45) is 0 Å². The summed E-state index contributed by atoms with van der Waals surface area (Å²) in [6, 6.07) is 3.85. The average Bonchev–Trinajstić information content (AvgIpc) is 3.68. The van der Waals surface area contributed by atoms with Crippen LogP contribution in [0.25, 0.3) is 39.3 Å². The second-order valence-corrected chi connectivity index (χ2v) is 11.5. The first kappa shape index (κ1) is 30.5. The third-order valence-corrected chi connectivity index (χ3v) is 8.86. The van der Waals surface area contributed by atoms with Gasteiger partial charge in [-0.15, -0.1) is 0 Å². The fourth-order valence-electron chi connectivity index (χ4n) is 6.59. The molecule has 5 heterocycles. The summed E-state index contributed by atoms with van der Waals surface area (Å²) in [6.45, 7) is 13.7. The predicted molar refractivity (Wildman–Crippen MR) is 169 cm³/mol. The molecule has 10 nitrogen and oxygen atoms in total. The molecule has 228 valence electrons. The van der Waals surface area contributed by atoms with Gasteiger partial charge >= 0.3 is 17.9 Å². The number of aromatic amines is 2. The number of H-pyrrole nitrogens is 2. The van der Waals surface area contributed by atoms with Gasteiger partial charge in [-0.1, -0.05) is 19.6 Å². The van der Waals surface area contributed by atoms with E-state index in [1.807, 2.05) is 32.9 Å². The maximum Gasteiger partial charge on any atom is 0.338 e. The highest BCUT2D eigenvalue weighted by atomic mass is 16.4. The summed E-state index contributed by atoms with van der Waals surface area (Å²) < 4.78 is 0. The van der Waals surface area contributed by atoms with Crippen LogP contribution in [0.5, 0.6) is 0 Å². The maximum atomic E-state index is 12.6. The Balaban J connectivity index is 2.04. The summed E-state index contributed by atoms with van der Waals surface area (Å²) in [5.74, 6) is -3.63. The Morgan fingerprint density at radius 1 is 0.932 bits per heavy atom. The van der Waals surface area contributed by atoms with E-state index < -0.39 is 24.3 Å². The van der Waals surface area contributed by atoms with Crippen molar-refractivity contribution in [3.8, 4) is 0 Å². The number of aliphatic carboxylic acids is 3. The molecule has 0 fully saturated rings. The van der Waals surface area contributed by atoms with Gasteiger partial charge in [-0.3, -0.25) is 14.6 Å². The molecule has 0 saturated carbocycles. The quantitative estimate of drug-likeness (QED) is 0.202. The zero-order valence-corrected chi connectivity index (χ0v) is 25.5. The lowest BCUT2D eigenvalue weighted by Crippen LogP contribution is -2.10. The molecule has 8 bridgehead atoms. The Morgan fingerprint density at radius 3 is 2.27 bits per heavy atom. The SMILES string of the molecule is C=Cc1c(C)c2[nH]c1cc1[nH]c(cc3nc(c(CC(=O)O)c4nc(c2C)[C@@H](CCC(=O)O)C4)C(C(=O)O)=C3C)c(CC)c1C. The van der Waals surface area contributed by atoms with Gasteiger partial charge in [0.15, 0.2) is 0 Å². The van der Waals surface area contributed by atoms with Crippen LogP contribution in [0.15, 0.2) is 18.7 Å². The number of nitrogens with one attached hydrogen (secondary N) is 2. The van der Waals surface area contributed by atoms with Crippen molar-refractivity contribution >= 4 is 57.2 Å². The number of hydrogen-bond acceptors (Lipinski definition) is 5. The number of nitrogens with zero attached hydrogens (tertiary/aromatic N) is 2. The molecule has 0 spiro atoms. The van der Waals surface area contributed by atoms with Crippen LogP contribution in [0, 0.1) is 20.8 Å². The summed E-state index contributed by atoms with van der Waals surface area (Å²) in [4.78, 5) is 53.1. The lowest BCUT2D eigenvalue weighted by Gasteiger charge is -2.11. The zero-order valence-electron chi connectivity index (χ0n) is 25.5. The van der Waals surface area contributed by atoms with Gasteiger partial charge in [0.1, 0.15) is 0 Å². The Labute approximate surface area is 254 Å².